The first-order chi connectivity index (χ1) is 16.8. The Bertz CT molecular complexity index is 1460. The van der Waals surface area contributed by atoms with E-state index < -0.39 is 21.8 Å². The normalized spacial score (nSPS) is 11.0. The van der Waals surface area contributed by atoms with Crippen molar-refractivity contribution in [2.45, 2.75) is 11.4 Å². The molecule has 8 nitrogen and oxygen atoms in total. The number of rotatable bonds is 8. The first kappa shape index (κ1) is 24.1. The molecular weight excluding hydrogens is 490 g/mol. The predicted molar refractivity (Wildman–Crippen MR) is 133 cm³/mol. The second-order valence-corrected chi connectivity index (χ2v) is 9.44. The van der Waals surface area contributed by atoms with Gasteiger partial charge in [-0.25, -0.2) is 8.42 Å². The second kappa shape index (κ2) is 10.5. The van der Waals surface area contributed by atoms with Gasteiger partial charge < -0.3 is 15.1 Å². The molecule has 0 aliphatic carbocycles. The zero-order valence-electron chi connectivity index (χ0n) is 18.2. The minimum atomic E-state index is -4.06. The number of hydrogen-bond donors (Lipinski definition) is 3. The number of nitrogens with one attached hydrogen (secondary N) is 3. The molecule has 1 heterocycles. The van der Waals surface area contributed by atoms with Crippen LogP contribution < -0.4 is 15.4 Å². The third-order valence-corrected chi connectivity index (χ3v) is 6.79. The topological polar surface area (TPSA) is 118 Å². The van der Waals surface area contributed by atoms with Gasteiger partial charge in [0.05, 0.1) is 29.1 Å². The molecule has 0 unspecified atom stereocenters. The molecule has 35 heavy (non-hydrogen) atoms. The molecule has 0 saturated heterocycles. The highest BCUT2D eigenvalue weighted by molar-refractivity contribution is 7.92. The van der Waals surface area contributed by atoms with E-state index in [1.165, 1.54) is 24.5 Å². The van der Waals surface area contributed by atoms with Crippen LogP contribution in [0, 0.1) is 0 Å². The monoisotopic (exact) mass is 509 g/mol. The Morgan fingerprint density at radius 2 is 1.60 bits per heavy atom. The van der Waals surface area contributed by atoms with Gasteiger partial charge in [0.25, 0.3) is 21.8 Å². The fourth-order valence-electron chi connectivity index (χ4n) is 3.23. The van der Waals surface area contributed by atoms with Crippen LogP contribution in [0.3, 0.4) is 0 Å². The number of hydrogen-bond acceptors (Lipinski definition) is 5. The smallest absolute Gasteiger partial charge is 0.263 e. The Morgan fingerprint density at radius 1 is 0.857 bits per heavy atom. The van der Waals surface area contributed by atoms with Gasteiger partial charge in [-0.05, 0) is 54.6 Å². The van der Waals surface area contributed by atoms with E-state index in [4.69, 9.17) is 16.0 Å². The molecule has 0 fully saturated rings. The molecule has 3 N–H and O–H groups in total. The summed E-state index contributed by atoms with van der Waals surface area (Å²) in [5, 5.41) is 5.35. The second-order valence-electron chi connectivity index (χ2n) is 7.38. The van der Waals surface area contributed by atoms with E-state index in [1.807, 2.05) is 0 Å². The summed E-state index contributed by atoms with van der Waals surface area (Å²) < 4.78 is 33.4. The third kappa shape index (κ3) is 5.89. The Hall–Kier alpha value is -4.08. The van der Waals surface area contributed by atoms with E-state index >= 15 is 0 Å². The zero-order chi connectivity index (χ0) is 24.8. The van der Waals surface area contributed by atoms with E-state index in [-0.39, 0.29) is 33.3 Å². The predicted octanol–water partition coefficient (Wildman–Crippen LogP) is 4.92. The van der Waals surface area contributed by atoms with Gasteiger partial charge in [-0.3, -0.25) is 14.3 Å². The summed E-state index contributed by atoms with van der Waals surface area (Å²) in [5.41, 5.74) is 0.901. The fourth-order valence-corrected chi connectivity index (χ4v) is 4.81. The van der Waals surface area contributed by atoms with Crippen LogP contribution in [0.5, 0.6) is 0 Å². The molecule has 10 heteroatoms. The van der Waals surface area contributed by atoms with Crippen molar-refractivity contribution >= 4 is 44.8 Å². The van der Waals surface area contributed by atoms with Crippen LogP contribution in [0.25, 0.3) is 0 Å². The van der Waals surface area contributed by atoms with Gasteiger partial charge in [0.2, 0.25) is 0 Å². The van der Waals surface area contributed by atoms with Crippen molar-refractivity contribution in [2.75, 3.05) is 10.0 Å². The molecule has 0 spiro atoms. The molecule has 0 aliphatic rings. The van der Waals surface area contributed by atoms with Gasteiger partial charge in [0.1, 0.15) is 10.7 Å². The number of sulfonamides is 1. The average molecular weight is 510 g/mol. The van der Waals surface area contributed by atoms with Crippen LogP contribution in [0.15, 0.2) is 101 Å². The van der Waals surface area contributed by atoms with Gasteiger partial charge >= 0.3 is 0 Å². The molecule has 178 valence electrons. The highest BCUT2D eigenvalue weighted by atomic mass is 35.5. The number of carbonyl (C=O) groups is 2. The van der Waals surface area contributed by atoms with Crippen molar-refractivity contribution < 1.29 is 22.4 Å². The number of furan rings is 1. The lowest BCUT2D eigenvalue weighted by atomic mass is 10.1. The quantitative estimate of drug-likeness (QED) is 0.312. The first-order valence-corrected chi connectivity index (χ1v) is 12.3. The molecule has 0 bridgehead atoms. The largest absolute Gasteiger partial charge is 0.467 e. The van der Waals surface area contributed by atoms with Crippen LogP contribution in [0.4, 0.5) is 11.4 Å². The maximum Gasteiger partial charge on any atom is 0.263 e. The van der Waals surface area contributed by atoms with Crippen LogP contribution in [-0.2, 0) is 16.6 Å². The number of anilines is 2. The highest BCUT2D eigenvalue weighted by Crippen LogP contribution is 2.26. The molecule has 1 aromatic heterocycles. The van der Waals surface area contributed by atoms with Crippen molar-refractivity contribution in [1.82, 2.24) is 5.32 Å². The maximum atomic E-state index is 13.0. The minimum absolute atomic E-state index is 0.0392. The summed E-state index contributed by atoms with van der Waals surface area (Å²) in [6.45, 7) is 0.181. The summed E-state index contributed by atoms with van der Waals surface area (Å²) in [5.74, 6) is -0.438. The summed E-state index contributed by atoms with van der Waals surface area (Å²) in [7, 11) is -4.06. The van der Waals surface area contributed by atoms with Gasteiger partial charge in [0.15, 0.2) is 0 Å². The number of carbonyl (C=O) groups excluding carboxylic acids is 2. The molecule has 3 aromatic carbocycles. The Morgan fingerprint density at radius 3 is 2.34 bits per heavy atom. The van der Waals surface area contributed by atoms with E-state index in [0.717, 1.165) is 0 Å². The van der Waals surface area contributed by atoms with E-state index in [0.29, 0.717) is 11.4 Å². The van der Waals surface area contributed by atoms with Crippen molar-refractivity contribution in [3.63, 3.8) is 0 Å². The third-order valence-electron chi connectivity index (χ3n) is 4.93. The Balaban J connectivity index is 1.53. The minimum Gasteiger partial charge on any atom is -0.467 e. The molecule has 0 atom stereocenters. The van der Waals surface area contributed by atoms with Crippen LogP contribution >= 0.6 is 11.6 Å². The molecule has 0 saturated carbocycles. The van der Waals surface area contributed by atoms with E-state index in [1.54, 1.807) is 66.7 Å². The van der Waals surface area contributed by atoms with Crippen molar-refractivity contribution in [1.29, 1.82) is 0 Å². The highest BCUT2D eigenvalue weighted by Gasteiger charge is 2.21. The summed E-state index contributed by atoms with van der Waals surface area (Å²) >= 11 is 6.14. The lowest BCUT2D eigenvalue weighted by Gasteiger charge is -2.13. The Labute approximate surface area is 207 Å². The molecule has 0 aliphatic heterocycles. The van der Waals surface area contributed by atoms with Crippen LogP contribution in [-0.4, -0.2) is 20.2 Å². The van der Waals surface area contributed by atoms with Gasteiger partial charge in [-0.15, -0.1) is 0 Å². The summed E-state index contributed by atoms with van der Waals surface area (Å²) in [6, 6.07) is 22.1. The zero-order valence-corrected chi connectivity index (χ0v) is 19.8. The van der Waals surface area contributed by atoms with Gasteiger partial charge in [-0.1, -0.05) is 41.9 Å². The lowest BCUT2D eigenvalue weighted by Crippen LogP contribution is -2.24. The number of amides is 2. The fraction of sp³-hybridized carbons (Fsp3) is 0.0400. The summed E-state index contributed by atoms with van der Waals surface area (Å²) in [6.07, 6.45) is 1.51. The SMILES string of the molecule is O=C(Nc1ccccc1C(=O)NCc1ccco1)c1ccc(Cl)c(S(=O)(=O)Nc2ccccc2)c1. The van der Waals surface area contributed by atoms with Crippen molar-refractivity contribution in [3.8, 4) is 0 Å². The maximum absolute atomic E-state index is 13.0. The van der Waals surface area contributed by atoms with E-state index in [9.17, 15) is 18.0 Å². The number of halogens is 1. The average Bonchev–Trinajstić information content (AvgIpc) is 3.37. The van der Waals surface area contributed by atoms with Crippen molar-refractivity contribution in [3.05, 3.63) is 113 Å². The molecular formula is C25H20ClN3O5S. The molecule has 4 aromatic rings. The van der Waals surface area contributed by atoms with Crippen LogP contribution in [0.2, 0.25) is 5.02 Å². The number of para-hydroxylation sites is 2. The standard InChI is InChI=1S/C25H20ClN3O5S/c26-21-13-12-17(15-23(21)35(32,33)29-18-7-2-1-3-8-18)24(30)28-22-11-5-4-10-20(22)25(31)27-16-19-9-6-14-34-19/h1-15,29H,16H2,(H,27,31)(H,28,30). The molecule has 0 radical (unpaired) electrons. The van der Waals surface area contributed by atoms with Gasteiger partial charge in [0, 0.05) is 11.3 Å². The molecule has 2 amide bonds. The lowest BCUT2D eigenvalue weighted by molar-refractivity contribution is 0.0949. The molecule has 4 rings (SSSR count). The van der Waals surface area contributed by atoms with E-state index in [2.05, 4.69) is 15.4 Å². The first-order valence-electron chi connectivity index (χ1n) is 10.4. The van der Waals surface area contributed by atoms with Crippen molar-refractivity contribution in [2.24, 2.45) is 0 Å². The Kier molecular flexibility index (Phi) is 7.19. The van der Waals surface area contributed by atoms with Crippen LogP contribution in [0.1, 0.15) is 26.5 Å². The summed E-state index contributed by atoms with van der Waals surface area (Å²) in [4.78, 5) is 25.4. The van der Waals surface area contributed by atoms with Gasteiger partial charge in [-0.2, -0.15) is 0 Å². The number of benzene rings is 3.